The van der Waals surface area contributed by atoms with Crippen LogP contribution in [0.3, 0.4) is 0 Å². The molecule has 9 heteroatoms. The topological polar surface area (TPSA) is 76.3 Å². The standard InChI is InChI=1S/C21H25ClN6O2/c1-13(2)28-20(30)18-17(14(3)24-25(18)4)23-21(28)27-11-9-26(10-12-27)19(29)15-7-5-6-8-16(15)22/h5-8,13H,9-12H2,1-4H3. The molecule has 0 atom stereocenters. The molecule has 158 valence electrons. The Hall–Kier alpha value is -2.87. The Balaban J connectivity index is 1.64. The van der Waals surface area contributed by atoms with Gasteiger partial charge in [-0.1, -0.05) is 23.7 Å². The van der Waals surface area contributed by atoms with Crippen molar-refractivity contribution in [1.29, 1.82) is 0 Å². The Kier molecular flexibility index (Phi) is 5.27. The molecule has 1 saturated heterocycles. The van der Waals surface area contributed by atoms with E-state index in [1.807, 2.05) is 32.9 Å². The van der Waals surface area contributed by atoms with Crippen molar-refractivity contribution in [3.8, 4) is 0 Å². The third kappa shape index (κ3) is 3.35. The molecule has 0 saturated carbocycles. The molecule has 3 heterocycles. The number of halogens is 1. The number of carbonyl (C=O) groups is 1. The van der Waals surface area contributed by atoms with E-state index in [-0.39, 0.29) is 17.5 Å². The first-order valence-corrected chi connectivity index (χ1v) is 10.4. The number of anilines is 1. The van der Waals surface area contributed by atoms with E-state index in [0.29, 0.717) is 53.7 Å². The summed E-state index contributed by atoms with van der Waals surface area (Å²) in [5.74, 6) is 0.552. The number of amides is 1. The number of rotatable bonds is 3. The Morgan fingerprint density at radius 2 is 1.80 bits per heavy atom. The van der Waals surface area contributed by atoms with Crippen LogP contribution in [0.4, 0.5) is 5.95 Å². The fourth-order valence-corrected chi connectivity index (χ4v) is 4.20. The number of benzene rings is 1. The molecule has 0 radical (unpaired) electrons. The number of aryl methyl sites for hydroxylation is 2. The first-order valence-electron chi connectivity index (χ1n) is 10.0. The molecule has 1 aliphatic rings. The van der Waals surface area contributed by atoms with Crippen LogP contribution < -0.4 is 10.5 Å². The summed E-state index contributed by atoms with van der Waals surface area (Å²) in [5, 5.41) is 4.83. The quantitative estimate of drug-likeness (QED) is 0.641. The lowest BCUT2D eigenvalue weighted by molar-refractivity contribution is 0.0746. The number of hydrogen-bond acceptors (Lipinski definition) is 5. The maximum atomic E-state index is 13.2. The van der Waals surface area contributed by atoms with E-state index in [4.69, 9.17) is 16.6 Å². The molecule has 1 amide bonds. The molecule has 0 spiro atoms. The zero-order chi connectivity index (χ0) is 21.6. The number of piperazine rings is 1. The van der Waals surface area contributed by atoms with Gasteiger partial charge in [0.05, 0.1) is 16.3 Å². The van der Waals surface area contributed by atoms with E-state index >= 15 is 0 Å². The molecule has 4 rings (SSSR count). The third-order valence-electron chi connectivity index (χ3n) is 5.51. The third-order valence-corrected chi connectivity index (χ3v) is 5.84. The van der Waals surface area contributed by atoms with Crippen LogP contribution in [-0.4, -0.2) is 56.3 Å². The maximum Gasteiger partial charge on any atom is 0.281 e. The van der Waals surface area contributed by atoms with Crippen molar-refractivity contribution in [2.24, 2.45) is 7.05 Å². The van der Waals surface area contributed by atoms with E-state index in [9.17, 15) is 9.59 Å². The summed E-state index contributed by atoms with van der Waals surface area (Å²) in [4.78, 5) is 34.8. The van der Waals surface area contributed by atoms with E-state index in [1.165, 1.54) is 0 Å². The normalized spacial score (nSPS) is 14.7. The average Bonchev–Trinajstić information content (AvgIpc) is 3.01. The predicted octanol–water partition coefficient (Wildman–Crippen LogP) is 2.64. The zero-order valence-electron chi connectivity index (χ0n) is 17.6. The first kappa shape index (κ1) is 20.4. The Morgan fingerprint density at radius 3 is 2.43 bits per heavy atom. The van der Waals surface area contributed by atoms with Crippen LogP contribution in [0.1, 0.15) is 35.9 Å². The van der Waals surface area contributed by atoms with Crippen LogP contribution in [0.2, 0.25) is 5.02 Å². The molecule has 8 nitrogen and oxygen atoms in total. The highest BCUT2D eigenvalue weighted by Gasteiger charge is 2.27. The molecule has 30 heavy (non-hydrogen) atoms. The Morgan fingerprint density at radius 1 is 1.13 bits per heavy atom. The van der Waals surface area contributed by atoms with Crippen LogP contribution in [-0.2, 0) is 7.05 Å². The SMILES string of the molecule is Cc1nn(C)c2c(=O)n(C(C)C)c(N3CCN(C(=O)c4ccccc4Cl)CC3)nc12. The summed E-state index contributed by atoms with van der Waals surface area (Å²) >= 11 is 6.19. The van der Waals surface area contributed by atoms with Crippen molar-refractivity contribution < 1.29 is 4.79 Å². The van der Waals surface area contributed by atoms with Crippen LogP contribution in [0.5, 0.6) is 0 Å². The minimum atomic E-state index is -0.0947. The smallest absolute Gasteiger partial charge is 0.281 e. The van der Waals surface area contributed by atoms with Gasteiger partial charge < -0.3 is 9.80 Å². The summed E-state index contributed by atoms with van der Waals surface area (Å²) in [6.07, 6.45) is 0. The highest BCUT2D eigenvalue weighted by molar-refractivity contribution is 6.33. The Labute approximate surface area is 179 Å². The van der Waals surface area contributed by atoms with E-state index in [0.717, 1.165) is 5.69 Å². The lowest BCUT2D eigenvalue weighted by Crippen LogP contribution is -2.50. The number of nitrogens with zero attached hydrogens (tertiary/aromatic N) is 6. The molecule has 1 aliphatic heterocycles. The molecule has 0 unspecified atom stereocenters. The summed E-state index contributed by atoms with van der Waals surface area (Å²) in [6.45, 7) is 8.03. The predicted molar refractivity (Wildman–Crippen MR) is 117 cm³/mol. The van der Waals surface area contributed by atoms with Gasteiger partial charge in [0.25, 0.3) is 11.5 Å². The molecule has 0 N–H and O–H groups in total. The molecule has 0 aliphatic carbocycles. The maximum absolute atomic E-state index is 13.2. The Bertz CT molecular complexity index is 1170. The molecule has 1 fully saturated rings. The zero-order valence-corrected chi connectivity index (χ0v) is 18.3. The first-order chi connectivity index (χ1) is 14.3. The van der Waals surface area contributed by atoms with E-state index in [2.05, 4.69) is 10.00 Å². The van der Waals surface area contributed by atoms with Crippen molar-refractivity contribution in [3.63, 3.8) is 0 Å². The van der Waals surface area contributed by atoms with Crippen LogP contribution in [0.25, 0.3) is 11.0 Å². The molecular weight excluding hydrogens is 404 g/mol. The number of hydrogen-bond donors (Lipinski definition) is 0. The van der Waals surface area contributed by atoms with Crippen LogP contribution >= 0.6 is 11.6 Å². The highest BCUT2D eigenvalue weighted by Crippen LogP contribution is 2.23. The van der Waals surface area contributed by atoms with Gasteiger partial charge in [0, 0.05) is 39.3 Å². The van der Waals surface area contributed by atoms with Gasteiger partial charge >= 0.3 is 0 Å². The lowest BCUT2D eigenvalue weighted by Gasteiger charge is -2.36. The molecular formula is C21H25ClN6O2. The fraction of sp³-hybridized carbons (Fsp3) is 0.429. The van der Waals surface area contributed by atoms with Crippen LogP contribution in [0.15, 0.2) is 29.1 Å². The summed E-state index contributed by atoms with van der Waals surface area (Å²) < 4.78 is 3.32. The number of carbonyl (C=O) groups excluding carboxylic acids is 1. The summed E-state index contributed by atoms with van der Waals surface area (Å²) in [6, 6.07) is 7.04. The summed E-state index contributed by atoms with van der Waals surface area (Å²) in [5.41, 5.74) is 2.29. The highest BCUT2D eigenvalue weighted by atomic mass is 35.5. The van der Waals surface area contributed by atoms with Crippen molar-refractivity contribution in [2.45, 2.75) is 26.8 Å². The second kappa shape index (κ2) is 7.75. The van der Waals surface area contributed by atoms with Gasteiger partial charge in [-0.25, -0.2) is 4.98 Å². The second-order valence-corrected chi connectivity index (χ2v) is 8.25. The van der Waals surface area contributed by atoms with Gasteiger partial charge in [-0.3, -0.25) is 18.8 Å². The molecule has 0 bridgehead atoms. The van der Waals surface area contributed by atoms with Gasteiger partial charge in [0.15, 0.2) is 5.52 Å². The van der Waals surface area contributed by atoms with Gasteiger partial charge in [-0.05, 0) is 32.9 Å². The minimum absolute atomic E-state index is 0.0533. The fourth-order valence-electron chi connectivity index (χ4n) is 3.98. The van der Waals surface area contributed by atoms with Crippen molar-refractivity contribution in [1.82, 2.24) is 24.2 Å². The number of aromatic nitrogens is 4. The van der Waals surface area contributed by atoms with Crippen LogP contribution in [0, 0.1) is 6.92 Å². The van der Waals surface area contributed by atoms with Gasteiger partial charge in [0.1, 0.15) is 5.52 Å². The molecule has 3 aromatic rings. The van der Waals surface area contributed by atoms with Crippen molar-refractivity contribution >= 4 is 34.5 Å². The van der Waals surface area contributed by atoms with Gasteiger partial charge in [-0.2, -0.15) is 5.10 Å². The van der Waals surface area contributed by atoms with E-state index in [1.54, 1.807) is 33.3 Å². The van der Waals surface area contributed by atoms with E-state index < -0.39 is 0 Å². The van der Waals surface area contributed by atoms with Crippen molar-refractivity contribution in [2.75, 3.05) is 31.1 Å². The summed E-state index contributed by atoms with van der Waals surface area (Å²) in [7, 11) is 1.77. The minimum Gasteiger partial charge on any atom is -0.339 e. The lowest BCUT2D eigenvalue weighted by atomic mass is 10.2. The number of fused-ring (bicyclic) bond motifs is 1. The van der Waals surface area contributed by atoms with Crippen molar-refractivity contribution in [3.05, 3.63) is 50.9 Å². The van der Waals surface area contributed by atoms with Gasteiger partial charge in [-0.15, -0.1) is 0 Å². The van der Waals surface area contributed by atoms with Gasteiger partial charge in [0.2, 0.25) is 5.95 Å². The monoisotopic (exact) mass is 428 g/mol. The molecule has 2 aromatic heterocycles. The average molecular weight is 429 g/mol. The second-order valence-electron chi connectivity index (χ2n) is 7.85. The largest absolute Gasteiger partial charge is 0.339 e. The molecule has 1 aromatic carbocycles.